The number of nitrogens with one attached hydrogen (secondary N) is 2. The lowest BCUT2D eigenvalue weighted by Gasteiger charge is -2.34. The van der Waals surface area contributed by atoms with E-state index in [-0.39, 0.29) is 11.6 Å². The van der Waals surface area contributed by atoms with Crippen molar-refractivity contribution in [2.75, 3.05) is 12.4 Å². The van der Waals surface area contributed by atoms with Crippen LogP contribution in [0.3, 0.4) is 0 Å². The van der Waals surface area contributed by atoms with E-state index in [1.807, 2.05) is 5.32 Å². The molecular formula is C16H16F3N3O3S. The summed E-state index contributed by atoms with van der Waals surface area (Å²) in [4.78, 5) is 28.7. The number of hydrogen-bond acceptors (Lipinski definition) is 6. The molecule has 0 spiro atoms. The summed E-state index contributed by atoms with van der Waals surface area (Å²) in [6.45, 7) is 1.64. The van der Waals surface area contributed by atoms with E-state index in [1.165, 1.54) is 6.20 Å². The summed E-state index contributed by atoms with van der Waals surface area (Å²) in [6.07, 6.45) is -4.17. The molecule has 2 aromatic rings. The van der Waals surface area contributed by atoms with Gasteiger partial charge in [0.25, 0.3) is 0 Å². The molecule has 0 aliphatic heterocycles. The number of carbonyl (C=O) groups excluding carboxylic acids is 2. The molecule has 10 heteroatoms. The predicted molar refractivity (Wildman–Crippen MR) is 89.6 cm³/mol. The number of amides is 1. The highest BCUT2D eigenvalue weighted by Crippen LogP contribution is 2.34. The molecule has 1 aromatic heterocycles. The van der Waals surface area contributed by atoms with Gasteiger partial charge >= 0.3 is 17.8 Å². The van der Waals surface area contributed by atoms with E-state index >= 15 is 0 Å². The van der Waals surface area contributed by atoms with E-state index < -0.39 is 23.7 Å². The van der Waals surface area contributed by atoms with Gasteiger partial charge in [-0.15, -0.1) is 11.3 Å². The van der Waals surface area contributed by atoms with Gasteiger partial charge in [0.15, 0.2) is 5.13 Å². The van der Waals surface area contributed by atoms with Gasteiger partial charge in [0.1, 0.15) is 0 Å². The molecule has 0 aliphatic rings. The third-order valence-corrected chi connectivity index (χ3v) is 4.20. The van der Waals surface area contributed by atoms with Crippen LogP contribution in [0, 0.1) is 6.92 Å². The molecule has 26 heavy (non-hydrogen) atoms. The number of methoxy groups -OCH3 is 1. The SMILES string of the molecule is COC(=O)[C@@](NC(=O)Cc1ccccc1)(Nc1ncc(C)s1)C(F)(F)F. The van der Waals surface area contributed by atoms with E-state index in [1.54, 1.807) is 42.6 Å². The van der Waals surface area contributed by atoms with Crippen molar-refractivity contribution in [3.8, 4) is 0 Å². The number of hydrogen-bond donors (Lipinski definition) is 2. The first-order valence-corrected chi connectivity index (χ1v) is 8.20. The van der Waals surface area contributed by atoms with Crippen LogP contribution in [-0.4, -0.2) is 35.8 Å². The summed E-state index contributed by atoms with van der Waals surface area (Å²) >= 11 is 0.908. The monoisotopic (exact) mass is 387 g/mol. The van der Waals surface area contributed by atoms with Gasteiger partial charge in [-0.2, -0.15) is 13.2 Å². The van der Waals surface area contributed by atoms with Gasteiger partial charge in [-0.3, -0.25) is 4.79 Å². The summed E-state index contributed by atoms with van der Waals surface area (Å²) in [5.74, 6) is -2.70. The van der Waals surface area contributed by atoms with Crippen LogP contribution in [0.25, 0.3) is 0 Å². The van der Waals surface area contributed by atoms with E-state index in [0.29, 0.717) is 10.4 Å². The number of nitrogens with zero attached hydrogens (tertiary/aromatic N) is 1. The van der Waals surface area contributed by atoms with Crippen LogP contribution in [0.1, 0.15) is 10.4 Å². The normalized spacial score (nSPS) is 13.6. The molecular weight excluding hydrogens is 371 g/mol. The smallest absolute Gasteiger partial charge is 0.442 e. The Bertz CT molecular complexity index is 780. The topological polar surface area (TPSA) is 80.3 Å². The van der Waals surface area contributed by atoms with Crippen molar-refractivity contribution in [2.45, 2.75) is 25.2 Å². The fourth-order valence-electron chi connectivity index (χ4n) is 2.15. The van der Waals surface area contributed by atoms with Crippen LogP contribution >= 0.6 is 11.3 Å². The van der Waals surface area contributed by atoms with Crippen LogP contribution in [0.4, 0.5) is 18.3 Å². The Morgan fingerprint density at radius 1 is 1.23 bits per heavy atom. The zero-order chi connectivity index (χ0) is 19.4. The number of esters is 1. The number of anilines is 1. The maximum absolute atomic E-state index is 13.8. The van der Waals surface area contributed by atoms with Gasteiger partial charge in [-0.1, -0.05) is 30.3 Å². The molecule has 2 rings (SSSR count). The molecule has 2 N–H and O–H groups in total. The largest absolute Gasteiger partial charge is 0.466 e. The van der Waals surface area contributed by atoms with Gasteiger partial charge in [-0.05, 0) is 12.5 Å². The minimum atomic E-state index is -5.17. The van der Waals surface area contributed by atoms with Gasteiger partial charge in [0.2, 0.25) is 5.91 Å². The highest BCUT2D eigenvalue weighted by Gasteiger charge is 2.63. The predicted octanol–water partition coefficient (Wildman–Crippen LogP) is 2.65. The first-order chi connectivity index (χ1) is 12.2. The van der Waals surface area contributed by atoms with Gasteiger partial charge in [0.05, 0.1) is 13.5 Å². The summed E-state index contributed by atoms with van der Waals surface area (Å²) in [5.41, 5.74) is -2.95. The van der Waals surface area contributed by atoms with Crippen LogP contribution in [0.15, 0.2) is 36.5 Å². The Hall–Kier alpha value is -2.62. The average molecular weight is 387 g/mol. The minimum Gasteiger partial charge on any atom is -0.466 e. The van der Waals surface area contributed by atoms with Crippen molar-refractivity contribution < 1.29 is 27.5 Å². The Morgan fingerprint density at radius 2 is 1.88 bits per heavy atom. The third kappa shape index (κ3) is 4.31. The molecule has 0 fully saturated rings. The lowest BCUT2D eigenvalue weighted by molar-refractivity contribution is -0.206. The Morgan fingerprint density at radius 3 is 2.38 bits per heavy atom. The molecule has 6 nitrogen and oxygen atoms in total. The number of aromatic nitrogens is 1. The molecule has 0 radical (unpaired) electrons. The van der Waals surface area contributed by atoms with Crippen molar-refractivity contribution in [1.29, 1.82) is 0 Å². The number of thiazole rings is 1. The number of halogens is 3. The quantitative estimate of drug-likeness (QED) is 0.588. The lowest BCUT2D eigenvalue weighted by Crippen LogP contribution is -2.69. The van der Waals surface area contributed by atoms with Gasteiger partial charge in [-0.25, -0.2) is 9.78 Å². The summed E-state index contributed by atoms with van der Waals surface area (Å²) in [6, 6.07) is 8.18. The fourth-order valence-corrected chi connectivity index (χ4v) is 2.87. The molecule has 1 amide bonds. The maximum Gasteiger partial charge on any atom is 0.442 e. The highest BCUT2D eigenvalue weighted by atomic mass is 32.1. The van der Waals surface area contributed by atoms with Gasteiger partial charge < -0.3 is 15.4 Å². The van der Waals surface area contributed by atoms with Crippen molar-refractivity contribution in [2.24, 2.45) is 0 Å². The zero-order valence-electron chi connectivity index (χ0n) is 13.9. The van der Waals surface area contributed by atoms with Crippen LogP contribution in [-0.2, 0) is 20.7 Å². The first-order valence-electron chi connectivity index (χ1n) is 7.38. The molecule has 0 saturated heterocycles. The second-order valence-corrected chi connectivity index (χ2v) is 6.59. The van der Waals surface area contributed by atoms with E-state index in [4.69, 9.17) is 0 Å². The first kappa shape index (κ1) is 19.7. The Balaban J connectivity index is 2.34. The van der Waals surface area contributed by atoms with Crippen LogP contribution < -0.4 is 10.6 Å². The third-order valence-electron chi connectivity index (χ3n) is 3.37. The fraction of sp³-hybridized carbons (Fsp3) is 0.312. The van der Waals surface area contributed by atoms with E-state index in [0.717, 1.165) is 18.4 Å². The van der Waals surface area contributed by atoms with E-state index in [9.17, 15) is 22.8 Å². The van der Waals surface area contributed by atoms with Crippen molar-refractivity contribution in [3.05, 3.63) is 47.0 Å². The van der Waals surface area contributed by atoms with Gasteiger partial charge in [0, 0.05) is 11.1 Å². The number of carbonyl (C=O) groups is 2. The van der Waals surface area contributed by atoms with Crippen LogP contribution in [0.5, 0.6) is 0 Å². The highest BCUT2D eigenvalue weighted by molar-refractivity contribution is 7.15. The zero-order valence-corrected chi connectivity index (χ0v) is 14.7. The molecule has 1 heterocycles. The summed E-state index contributed by atoms with van der Waals surface area (Å²) in [5, 5.41) is 3.57. The molecule has 0 saturated carbocycles. The van der Waals surface area contributed by atoms with E-state index in [2.05, 4.69) is 9.72 Å². The second kappa shape index (κ2) is 7.73. The second-order valence-electron chi connectivity index (χ2n) is 5.35. The molecule has 140 valence electrons. The summed E-state index contributed by atoms with van der Waals surface area (Å²) < 4.78 is 45.7. The molecule has 1 aromatic carbocycles. The number of benzene rings is 1. The molecule has 0 bridgehead atoms. The average Bonchev–Trinajstić information content (AvgIpc) is 2.98. The Labute approximate surface area is 151 Å². The number of ether oxygens (including phenoxy) is 1. The molecule has 0 aliphatic carbocycles. The Kier molecular flexibility index (Phi) is 5.86. The lowest BCUT2D eigenvalue weighted by atomic mass is 10.1. The molecule has 0 unspecified atom stereocenters. The maximum atomic E-state index is 13.8. The molecule has 1 atom stereocenters. The van der Waals surface area contributed by atoms with Crippen molar-refractivity contribution >= 4 is 28.3 Å². The van der Waals surface area contributed by atoms with Crippen LogP contribution in [0.2, 0.25) is 0 Å². The summed E-state index contributed by atoms with van der Waals surface area (Å²) in [7, 11) is 0.807. The standard InChI is InChI=1S/C16H16F3N3O3S/c1-10-9-20-14(26-10)22-15(13(24)25-2,16(17,18)19)21-12(23)8-11-6-4-3-5-7-11/h3-7,9H,8H2,1-2H3,(H,20,22)(H,21,23)/t15-/m1/s1. The number of aryl methyl sites for hydroxylation is 1. The van der Waals surface area contributed by atoms with Crippen molar-refractivity contribution in [1.82, 2.24) is 10.3 Å². The number of alkyl halides is 3. The minimum absolute atomic E-state index is 0.176. The van der Waals surface area contributed by atoms with Crippen molar-refractivity contribution in [3.63, 3.8) is 0 Å². The number of rotatable bonds is 6.